The van der Waals surface area contributed by atoms with Crippen molar-refractivity contribution >= 4 is 42.3 Å². The Hall–Kier alpha value is -2.34. The van der Waals surface area contributed by atoms with Gasteiger partial charge in [-0.3, -0.25) is 0 Å². The van der Waals surface area contributed by atoms with E-state index in [4.69, 9.17) is 5.73 Å². The summed E-state index contributed by atoms with van der Waals surface area (Å²) in [6, 6.07) is 22.5. The number of nitrogens with one attached hydrogen (secondary N) is 1. The standard InChI is InChI=1S/C19H21N5.2ClH/c20-12-14-22-19-21-13-11-18(23-19)24(17-9-5-2-6-10-17)15-16-7-3-1-4-8-16;;/h1-11,13H,12,14-15,20H2,(H,21,22,23);2*1H. The molecule has 0 aliphatic heterocycles. The number of halogens is 2. The van der Waals surface area contributed by atoms with Crippen LogP contribution in [0.2, 0.25) is 0 Å². The molecule has 3 N–H and O–H groups in total. The van der Waals surface area contributed by atoms with Gasteiger partial charge in [-0.1, -0.05) is 48.5 Å². The third-order valence-corrected chi connectivity index (χ3v) is 3.60. The molecular weight excluding hydrogens is 369 g/mol. The highest BCUT2D eigenvalue weighted by Crippen LogP contribution is 2.26. The van der Waals surface area contributed by atoms with Crippen LogP contribution < -0.4 is 16.0 Å². The molecule has 0 radical (unpaired) electrons. The van der Waals surface area contributed by atoms with Gasteiger partial charge in [-0.25, -0.2) is 4.98 Å². The molecule has 1 aromatic heterocycles. The first kappa shape index (κ1) is 21.7. The number of hydrogen-bond acceptors (Lipinski definition) is 5. The number of nitrogens with two attached hydrogens (primary N) is 1. The van der Waals surface area contributed by atoms with E-state index in [9.17, 15) is 0 Å². The van der Waals surface area contributed by atoms with Crippen LogP contribution in [0.1, 0.15) is 5.56 Å². The monoisotopic (exact) mass is 391 g/mol. The molecule has 0 unspecified atom stereocenters. The summed E-state index contributed by atoms with van der Waals surface area (Å²) in [5.74, 6) is 1.44. The summed E-state index contributed by atoms with van der Waals surface area (Å²) < 4.78 is 0. The van der Waals surface area contributed by atoms with Crippen molar-refractivity contribution in [1.82, 2.24) is 9.97 Å². The molecule has 2 aromatic carbocycles. The quantitative estimate of drug-likeness (QED) is 0.636. The van der Waals surface area contributed by atoms with Crippen LogP contribution in [0, 0.1) is 0 Å². The Kier molecular flexibility index (Phi) is 9.44. The summed E-state index contributed by atoms with van der Waals surface area (Å²) in [7, 11) is 0. The van der Waals surface area contributed by atoms with Crippen molar-refractivity contribution in [2.45, 2.75) is 6.54 Å². The topological polar surface area (TPSA) is 67.1 Å². The number of anilines is 3. The van der Waals surface area contributed by atoms with Crippen molar-refractivity contribution in [2.75, 3.05) is 23.3 Å². The fourth-order valence-electron chi connectivity index (χ4n) is 2.45. The highest BCUT2D eigenvalue weighted by atomic mass is 35.5. The second kappa shape index (κ2) is 11.3. The molecule has 0 amide bonds. The van der Waals surface area contributed by atoms with Gasteiger partial charge in [0.25, 0.3) is 0 Å². The number of para-hydroxylation sites is 1. The zero-order valence-corrected chi connectivity index (χ0v) is 15.9. The Labute approximate surface area is 166 Å². The molecule has 0 bridgehead atoms. The fourth-order valence-corrected chi connectivity index (χ4v) is 2.45. The molecule has 0 aliphatic rings. The average molecular weight is 392 g/mol. The molecule has 3 rings (SSSR count). The van der Waals surface area contributed by atoms with Gasteiger partial charge in [-0.05, 0) is 23.8 Å². The van der Waals surface area contributed by atoms with E-state index >= 15 is 0 Å². The maximum atomic E-state index is 5.54. The van der Waals surface area contributed by atoms with Crippen molar-refractivity contribution in [3.8, 4) is 0 Å². The van der Waals surface area contributed by atoms with Crippen molar-refractivity contribution in [1.29, 1.82) is 0 Å². The molecule has 0 fully saturated rings. The second-order valence-corrected chi connectivity index (χ2v) is 5.36. The van der Waals surface area contributed by atoms with Crippen LogP contribution in [0.25, 0.3) is 0 Å². The Morgan fingerprint density at radius 3 is 2.19 bits per heavy atom. The summed E-state index contributed by atoms with van der Waals surface area (Å²) in [4.78, 5) is 11.1. The van der Waals surface area contributed by atoms with Crippen molar-refractivity contribution in [3.63, 3.8) is 0 Å². The van der Waals surface area contributed by atoms with Gasteiger partial charge in [0, 0.05) is 31.5 Å². The number of benzene rings is 2. The molecule has 0 aliphatic carbocycles. The zero-order valence-electron chi connectivity index (χ0n) is 14.3. The van der Waals surface area contributed by atoms with Gasteiger partial charge < -0.3 is 16.0 Å². The van der Waals surface area contributed by atoms with Gasteiger partial charge in [0.15, 0.2) is 0 Å². The summed E-state index contributed by atoms with van der Waals surface area (Å²) >= 11 is 0. The van der Waals surface area contributed by atoms with Gasteiger partial charge in [0.1, 0.15) is 5.82 Å². The van der Waals surface area contributed by atoms with Crippen molar-refractivity contribution in [2.24, 2.45) is 5.73 Å². The first-order valence-electron chi connectivity index (χ1n) is 8.00. The van der Waals surface area contributed by atoms with Crippen LogP contribution in [0.15, 0.2) is 72.9 Å². The van der Waals surface area contributed by atoms with Gasteiger partial charge in [0.2, 0.25) is 5.95 Å². The van der Waals surface area contributed by atoms with E-state index in [1.807, 2.05) is 42.5 Å². The summed E-state index contributed by atoms with van der Waals surface area (Å²) in [6.07, 6.45) is 1.77. The number of aromatic nitrogens is 2. The van der Waals surface area contributed by atoms with Crippen LogP contribution >= 0.6 is 24.8 Å². The van der Waals surface area contributed by atoms with Gasteiger partial charge >= 0.3 is 0 Å². The summed E-state index contributed by atoms with van der Waals surface area (Å²) in [5.41, 5.74) is 7.85. The normalized spacial score (nSPS) is 9.58. The van der Waals surface area contributed by atoms with Crippen molar-refractivity contribution in [3.05, 3.63) is 78.5 Å². The maximum Gasteiger partial charge on any atom is 0.224 e. The minimum Gasteiger partial charge on any atom is -0.353 e. The van der Waals surface area contributed by atoms with E-state index in [0.717, 1.165) is 18.1 Å². The van der Waals surface area contributed by atoms with Crippen LogP contribution in [-0.2, 0) is 6.54 Å². The van der Waals surface area contributed by atoms with Crippen LogP contribution in [0.5, 0.6) is 0 Å². The third-order valence-electron chi connectivity index (χ3n) is 3.60. The van der Waals surface area contributed by atoms with E-state index in [0.29, 0.717) is 19.0 Å². The Morgan fingerprint density at radius 2 is 1.54 bits per heavy atom. The first-order valence-corrected chi connectivity index (χ1v) is 8.00. The molecule has 7 heteroatoms. The molecule has 138 valence electrons. The van der Waals surface area contributed by atoms with Crippen molar-refractivity contribution < 1.29 is 0 Å². The maximum absolute atomic E-state index is 5.54. The Bertz CT molecular complexity index is 756. The van der Waals surface area contributed by atoms with Crippen LogP contribution in [0.3, 0.4) is 0 Å². The molecular formula is C19H23Cl2N5. The highest BCUT2D eigenvalue weighted by Gasteiger charge is 2.12. The highest BCUT2D eigenvalue weighted by molar-refractivity contribution is 5.85. The molecule has 0 saturated carbocycles. The minimum atomic E-state index is 0. The van der Waals surface area contributed by atoms with E-state index in [-0.39, 0.29) is 24.8 Å². The lowest BCUT2D eigenvalue weighted by molar-refractivity contribution is 0.928. The molecule has 5 nitrogen and oxygen atoms in total. The second-order valence-electron chi connectivity index (χ2n) is 5.36. The Balaban J connectivity index is 0.00000169. The third kappa shape index (κ3) is 5.88. The number of nitrogens with zero attached hydrogens (tertiary/aromatic N) is 3. The van der Waals surface area contributed by atoms with E-state index in [1.54, 1.807) is 6.20 Å². The number of hydrogen-bond donors (Lipinski definition) is 2. The molecule has 26 heavy (non-hydrogen) atoms. The van der Waals surface area contributed by atoms with Gasteiger partial charge in [-0.2, -0.15) is 4.98 Å². The van der Waals surface area contributed by atoms with Gasteiger partial charge in [0.05, 0.1) is 0 Å². The average Bonchev–Trinajstić information content (AvgIpc) is 2.66. The van der Waals surface area contributed by atoms with Crippen LogP contribution in [0.4, 0.5) is 17.5 Å². The molecule has 1 heterocycles. The summed E-state index contributed by atoms with van der Waals surface area (Å²) in [5, 5.41) is 3.13. The Morgan fingerprint density at radius 1 is 0.885 bits per heavy atom. The molecule has 3 aromatic rings. The van der Waals surface area contributed by atoms with Gasteiger partial charge in [-0.15, -0.1) is 24.8 Å². The molecule has 0 spiro atoms. The first-order chi connectivity index (χ1) is 11.9. The lowest BCUT2D eigenvalue weighted by atomic mass is 10.2. The molecule has 0 atom stereocenters. The zero-order chi connectivity index (χ0) is 16.6. The van der Waals surface area contributed by atoms with E-state index in [2.05, 4.69) is 44.5 Å². The molecule has 0 saturated heterocycles. The van der Waals surface area contributed by atoms with Crippen LogP contribution in [-0.4, -0.2) is 23.1 Å². The van der Waals surface area contributed by atoms with E-state index in [1.165, 1.54) is 5.56 Å². The minimum absolute atomic E-state index is 0. The fraction of sp³-hybridized carbons (Fsp3) is 0.158. The lowest BCUT2D eigenvalue weighted by Gasteiger charge is -2.24. The smallest absolute Gasteiger partial charge is 0.224 e. The predicted molar refractivity (Wildman–Crippen MR) is 113 cm³/mol. The summed E-state index contributed by atoms with van der Waals surface area (Å²) in [6.45, 7) is 1.92. The van der Waals surface area contributed by atoms with E-state index < -0.39 is 0 Å². The SMILES string of the molecule is Cl.Cl.NCCNc1nccc(N(Cc2ccccc2)c2ccccc2)n1. The largest absolute Gasteiger partial charge is 0.353 e. The number of rotatable bonds is 7. The lowest BCUT2D eigenvalue weighted by Crippen LogP contribution is -2.19. The predicted octanol–water partition coefficient (Wildman–Crippen LogP) is 4.03.